The Labute approximate surface area is 294 Å². The Morgan fingerprint density at radius 1 is 1.06 bits per heavy atom. The minimum absolute atomic E-state index is 0.0163. The Morgan fingerprint density at radius 2 is 1.76 bits per heavy atom. The molecule has 9 nitrogen and oxygen atoms in total. The lowest BCUT2D eigenvalue weighted by atomic mass is 9.82. The van der Waals surface area contributed by atoms with E-state index in [0.29, 0.717) is 30.8 Å². The quantitative estimate of drug-likeness (QED) is 0.0693. The first kappa shape index (κ1) is 39.8. The van der Waals surface area contributed by atoms with Gasteiger partial charge in [-0.1, -0.05) is 70.7 Å². The van der Waals surface area contributed by atoms with Crippen LogP contribution >= 0.6 is 12.6 Å². The van der Waals surface area contributed by atoms with Crippen LogP contribution in [0, 0.1) is 17.0 Å². The third-order valence-corrected chi connectivity index (χ3v) is 10.1. The number of carbonyl (C=O) groups excluding carboxylic acids is 2. The maximum absolute atomic E-state index is 15.1. The summed E-state index contributed by atoms with van der Waals surface area (Å²) in [7, 11) is -1.37. The normalized spacial score (nSPS) is 13.1. The molecule has 0 bridgehead atoms. The molecule has 3 aromatic rings. The molecular formula is C36H50F2N4O5SSi. The summed E-state index contributed by atoms with van der Waals surface area (Å²) in [5.41, 5.74) is 1.61. The fourth-order valence-corrected chi connectivity index (χ4v) is 6.49. The van der Waals surface area contributed by atoms with Crippen molar-refractivity contribution in [1.82, 2.24) is 20.1 Å². The number of nitrogens with one attached hydrogen (secondary N) is 2. The lowest BCUT2D eigenvalue weighted by Gasteiger charge is -2.41. The average Bonchev–Trinajstić information content (AvgIpc) is 3.41. The molecule has 0 saturated heterocycles. The number of alkyl carbamates (subject to hydrolysis) is 1. The van der Waals surface area contributed by atoms with Crippen LogP contribution in [0.1, 0.15) is 44.5 Å². The zero-order valence-corrected chi connectivity index (χ0v) is 31.2. The van der Waals surface area contributed by atoms with Crippen molar-refractivity contribution in [2.45, 2.75) is 71.5 Å². The van der Waals surface area contributed by atoms with E-state index in [9.17, 15) is 23.9 Å². The number of carbonyl (C=O) groups is 3. The summed E-state index contributed by atoms with van der Waals surface area (Å²) >= 11 is 4.12. The van der Waals surface area contributed by atoms with E-state index in [0.717, 1.165) is 29.8 Å². The predicted octanol–water partition coefficient (Wildman–Crippen LogP) is 6.82. The van der Waals surface area contributed by atoms with Crippen LogP contribution in [-0.4, -0.2) is 78.7 Å². The minimum atomic E-state index is -1.37. The number of halogens is 2. The van der Waals surface area contributed by atoms with Crippen molar-refractivity contribution in [3.05, 3.63) is 83.7 Å². The predicted molar refractivity (Wildman–Crippen MR) is 195 cm³/mol. The molecule has 49 heavy (non-hydrogen) atoms. The van der Waals surface area contributed by atoms with Crippen molar-refractivity contribution in [3.8, 4) is 11.1 Å². The second-order valence-electron chi connectivity index (χ2n) is 14.4. The summed E-state index contributed by atoms with van der Waals surface area (Å²) in [6.07, 6.45) is 1.61. The van der Waals surface area contributed by atoms with Gasteiger partial charge in [-0.25, -0.2) is 13.6 Å². The monoisotopic (exact) mass is 716 g/mol. The number of hydrogen-bond acceptors (Lipinski definition) is 6. The first-order valence-electron chi connectivity index (χ1n) is 16.5. The second-order valence-corrected chi connectivity index (χ2v) is 20.4. The highest BCUT2D eigenvalue weighted by atomic mass is 32.1. The molecule has 0 spiro atoms. The standard InChI is InChI=1S/C36H50F2N4O5SSi/c1-36(2,3)33(31-19-26(28-20-27(37)13-14-29(28)38)23-41(31)22-25-11-8-7-9-12-25)42(32(43)21-40-30(24-48)34(44)45)16-10-15-39-35(46)47-17-18-49(4,5)6/h7-9,11-14,19-20,23,30,33,40,48H,10,15-18,21-22,24H2,1-6H3,(H,39,46)(H,44,45)/t30-,33-/m0/s1. The first-order chi connectivity index (χ1) is 23.0. The number of thiol groups is 1. The Kier molecular flexibility index (Phi) is 14.5. The topological polar surface area (TPSA) is 113 Å². The largest absolute Gasteiger partial charge is 0.480 e. The van der Waals surface area contributed by atoms with Gasteiger partial charge in [-0.3, -0.25) is 14.9 Å². The van der Waals surface area contributed by atoms with E-state index >= 15 is 4.39 Å². The third kappa shape index (κ3) is 12.3. The van der Waals surface area contributed by atoms with E-state index in [-0.39, 0.29) is 36.9 Å². The molecule has 0 radical (unpaired) electrons. The number of nitrogens with zero attached hydrogens (tertiary/aromatic N) is 2. The number of benzene rings is 2. The lowest BCUT2D eigenvalue weighted by molar-refractivity contribution is -0.139. The zero-order valence-electron chi connectivity index (χ0n) is 29.3. The number of carboxylic acid groups (broad SMARTS) is 1. The number of aliphatic carboxylic acids is 1. The number of ether oxygens (including phenoxy) is 1. The maximum atomic E-state index is 15.1. The van der Waals surface area contributed by atoms with Gasteiger partial charge in [-0.05, 0) is 47.7 Å². The summed E-state index contributed by atoms with van der Waals surface area (Å²) in [5.74, 6) is -2.66. The summed E-state index contributed by atoms with van der Waals surface area (Å²) in [4.78, 5) is 39.8. The smallest absolute Gasteiger partial charge is 0.407 e. The molecule has 2 amide bonds. The molecule has 1 aromatic heterocycles. The van der Waals surface area contributed by atoms with Crippen LogP contribution in [-0.2, 0) is 20.9 Å². The number of aromatic nitrogens is 1. The molecule has 0 aliphatic heterocycles. The van der Waals surface area contributed by atoms with Gasteiger partial charge < -0.3 is 24.6 Å². The van der Waals surface area contributed by atoms with Gasteiger partial charge in [0.05, 0.1) is 19.2 Å². The van der Waals surface area contributed by atoms with Crippen molar-refractivity contribution < 1.29 is 33.0 Å². The molecule has 2 aromatic carbocycles. The van der Waals surface area contributed by atoms with Gasteiger partial charge in [-0.15, -0.1) is 0 Å². The van der Waals surface area contributed by atoms with Gasteiger partial charge in [0.1, 0.15) is 17.7 Å². The molecule has 3 rings (SSSR count). The van der Waals surface area contributed by atoms with Crippen LogP contribution < -0.4 is 10.6 Å². The summed E-state index contributed by atoms with van der Waals surface area (Å²) < 4.78 is 36.7. The van der Waals surface area contributed by atoms with Crippen LogP contribution in [0.5, 0.6) is 0 Å². The first-order valence-corrected chi connectivity index (χ1v) is 20.8. The van der Waals surface area contributed by atoms with Crippen molar-refractivity contribution in [2.75, 3.05) is 32.0 Å². The van der Waals surface area contributed by atoms with Crippen LogP contribution in [0.4, 0.5) is 13.6 Å². The Morgan fingerprint density at radius 3 is 2.37 bits per heavy atom. The van der Waals surface area contributed by atoms with Crippen molar-refractivity contribution >= 4 is 38.7 Å². The molecule has 0 aliphatic carbocycles. The number of carboxylic acids is 1. The Hall–Kier alpha value is -3.68. The molecule has 0 saturated carbocycles. The highest BCUT2D eigenvalue weighted by Gasteiger charge is 2.37. The number of amides is 2. The maximum Gasteiger partial charge on any atom is 0.407 e. The SMILES string of the molecule is CC(C)(C)[C@H](c1cc(-c2cc(F)ccc2F)cn1Cc1ccccc1)N(CCCNC(=O)OCC[Si](C)(C)C)C(=O)CN[C@@H](CS)C(=O)O. The van der Waals surface area contributed by atoms with Gasteiger partial charge in [0.15, 0.2) is 0 Å². The second kappa shape index (κ2) is 17.8. The lowest BCUT2D eigenvalue weighted by Crippen LogP contribution is -2.49. The van der Waals surface area contributed by atoms with Gasteiger partial charge >= 0.3 is 12.1 Å². The van der Waals surface area contributed by atoms with Gasteiger partial charge in [-0.2, -0.15) is 12.6 Å². The molecular weight excluding hydrogens is 667 g/mol. The fraction of sp³-hybridized carbons (Fsp3) is 0.472. The van der Waals surface area contributed by atoms with Crippen LogP contribution in [0.15, 0.2) is 60.8 Å². The fourth-order valence-electron chi connectivity index (χ4n) is 5.49. The number of rotatable bonds is 17. The minimum Gasteiger partial charge on any atom is -0.480 e. The van der Waals surface area contributed by atoms with Gasteiger partial charge in [0, 0.05) is 56.5 Å². The van der Waals surface area contributed by atoms with E-state index in [1.54, 1.807) is 17.2 Å². The average molecular weight is 717 g/mol. The summed E-state index contributed by atoms with van der Waals surface area (Å²) in [6, 6.07) is 14.0. The Balaban J connectivity index is 2.01. The number of hydrogen-bond donors (Lipinski definition) is 4. The van der Waals surface area contributed by atoms with E-state index in [2.05, 4.69) is 42.9 Å². The van der Waals surface area contributed by atoms with Gasteiger partial charge in [0.25, 0.3) is 0 Å². The molecule has 268 valence electrons. The van der Waals surface area contributed by atoms with E-state index in [1.165, 1.54) is 0 Å². The van der Waals surface area contributed by atoms with Crippen molar-refractivity contribution in [3.63, 3.8) is 0 Å². The molecule has 0 fully saturated rings. The highest BCUT2D eigenvalue weighted by molar-refractivity contribution is 7.80. The zero-order chi connectivity index (χ0) is 36.4. The van der Waals surface area contributed by atoms with Crippen LogP contribution in [0.2, 0.25) is 25.7 Å². The molecule has 0 unspecified atom stereocenters. The molecule has 3 N–H and O–H groups in total. The Bertz CT molecular complexity index is 1560. The molecule has 13 heteroatoms. The summed E-state index contributed by atoms with van der Waals surface area (Å²) in [5, 5.41) is 15.1. The van der Waals surface area contributed by atoms with E-state index < -0.39 is 49.3 Å². The summed E-state index contributed by atoms with van der Waals surface area (Å²) in [6.45, 7) is 13.4. The third-order valence-electron chi connectivity index (χ3n) is 8.01. The van der Waals surface area contributed by atoms with E-state index in [4.69, 9.17) is 4.74 Å². The van der Waals surface area contributed by atoms with Crippen molar-refractivity contribution in [1.29, 1.82) is 0 Å². The molecule has 0 aliphatic rings. The highest BCUT2D eigenvalue weighted by Crippen LogP contribution is 2.41. The van der Waals surface area contributed by atoms with Gasteiger partial charge in [0.2, 0.25) is 5.91 Å². The molecule has 1 heterocycles. The molecule has 2 atom stereocenters. The van der Waals surface area contributed by atoms with Crippen molar-refractivity contribution in [2.24, 2.45) is 5.41 Å². The van der Waals surface area contributed by atoms with Crippen LogP contribution in [0.3, 0.4) is 0 Å². The van der Waals surface area contributed by atoms with Crippen LogP contribution in [0.25, 0.3) is 11.1 Å². The van der Waals surface area contributed by atoms with E-state index in [1.807, 2.05) is 55.7 Å².